The van der Waals surface area contributed by atoms with Gasteiger partial charge in [-0.1, -0.05) is 29.8 Å². The third-order valence-corrected chi connectivity index (χ3v) is 4.36. The number of halogens is 1. The van der Waals surface area contributed by atoms with E-state index in [9.17, 15) is 4.79 Å². The number of rotatable bonds is 7. The van der Waals surface area contributed by atoms with Crippen molar-refractivity contribution in [3.05, 3.63) is 59.1 Å². The van der Waals surface area contributed by atoms with Crippen molar-refractivity contribution < 1.29 is 9.53 Å². The molecule has 2 aromatic rings. The molecule has 0 radical (unpaired) electrons. The minimum Gasteiger partial charge on any atom is -0.465 e. The molecular weight excluding hydrogens is 370 g/mol. The lowest BCUT2D eigenvalue weighted by molar-refractivity contribution is 0.0601. The van der Waals surface area contributed by atoms with Crippen molar-refractivity contribution in [3.8, 4) is 0 Å². The van der Waals surface area contributed by atoms with E-state index in [0.717, 1.165) is 19.5 Å². The molecule has 0 heterocycles. The Bertz CT molecular complexity index is 756. The van der Waals surface area contributed by atoms with Gasteiger partial charge in [-0.3, -0.25) is 0 Å². The molecule has 5 nitrogen and oxygen atoms in total. The van der Waals surface area contributed by atoms with Crippen LogP contribution in [0.25, 0.3) is 0 Å². The first-order valence-electron chi connectivity index (χ1n) is 8.20. The molecule has 0 aliphatic rings. The lowest BCUT2D eigenvalue weighted by atomic mass is 10.2. The third kappa shape index (κ3) is 5.89. The van der Waals surface area contributed by atoms with Crippen LogP contribution in [0.15, 0.2) is 48.5 Å². The number of esters is 1. The van der Waals surface area contributed by atoms with Crippen LogP contribution < -0.4 is 15.5 Å². The van der Waals surface area contributed by atoms with Crippen LogP contribution >= 0.6 is 23.8 Å². The van der Waals surface area contributed by atoms with Crippen molar-refractivity contribution in [1.82, 2.24) is 5.32 Å². The number of hydrogen-bond acceptors (Lipinski definition) is 4. The molecule has 26 heavy (non-hydrogen) atoms. The number of benzene rings is 2. The van der Waals surface area contributed by atoms with Crippen LogP contribution in [-0.2, 0) is 4.74 Å². The molecule has 0 unspecified atom stereocenters. The Morgan fingerprint density at radius 1 is 1.23 bits per heavy atom. The average molecular weight is 392 g/mol. The Morgan fingerprint density at radius 3 is 2.65 bits per heavy atom. The topological polar surface area (TPSA) is 53.6 Å². The van der Waals surface area contributed by atoms with Gasteiger partial charge in [0.05, 0.1) is 17.7 Å². The van der Waals surface area contributed by atoms with Gasteiger partial charge in [0, 0.05) is 31.5 Å². The van der Waals surface area contributed by atoms with E-state index < -0.39 is 5.97 Å². The average Bonchev–Trinajstić information content (AvgIpc) is 2.66. The SMILES string of the molecule is COC(=O)c1cc(NC(=S)NCCCN(C)c2ccccc2)ccc1Cl. The molecular formula is C19H22ClN3O2S. The summed E-state index contributed by atoms with van der Waals surface area (Å²) in [5.74, 6) is -0.485. The fourth-order valence-electron chi connectivity index (χ4n) is 2.37. The quantitative estimate of drug-likeness (QED) is 0.423. The Hall–Kier alpha value is -2.31. The molecule has 0 fully saturated rings. The van der Waals surface area contributed by atoms with Crippen LogP contribution in [0.1, 0.15) is 16.8 Å². The van der Waals surface area contributed by atoms with Gasteiger partial charge in [-0.25, -0.2) is 4.79 Å². The lowest BCUT2D eigenvalue weighted by Crippen LogP contribution is -2.31. The number of para-hydroxylation sites is 1. The largest absolute Gasteiger partial charge is 0.465 e. The molecule has 2 aromatic carbocycles. The maximum atomic E-state index is 11.7. The van der Waals surface area contributed by atoms with E-state index in [-0.39, 0.29) is 0 Å². The second-order valence-corrected chi connectivity index (χ2v) is 6.49. The zero-order chi connectivity index (χ0) is 18.9. The summed E-state index contributed by atoms with van der Waals surface area (Å²) < 4.78 is 4.71. The molecule has 2 N–H and O–H groups in total. The molecule has 0 atom stereocenters. The van der Waals surface area contributed by atoms with Gasteiger partial charge in [0.1, 0.15) is 0 Å². The van der Waals surface area contributed by atoms with Gasteiger partial charge in [-0.2, -0.15) is 0 Å². The van der Waals surface area contributed by atoms with Gasteiger partial charge < -0.3 is 20.3 Å². The number of carbonyl (C=O) groups excluding carboxylic acids is 1. The maximum absolute atomic E-state index is 11.7. The molecule has 0 aliphatic carbocycles. The summed E-state index contributed by atoms with van der Waals surface area (Å²) in [5.41, 5.74) is 2.16. The van der Waals surface area contributed by atoms with Crippen molar-refractivity contribution >= 4 is 46.3 Å². The minimum absolute atomic E-state index is 0.298. The number of methoxy groups -OCH3 is 1. The van der Waals surface area contributed by atoms with Gasteiger partial charge >= 0.3 is 5.97 Å². The van der Waals surface area contributed by atoms with Gasteiger partial charge in [-0.15, -0.1) is 0 Å². The summed E-state index contributed by atoms with van der Waals surface area (Å²) in [6.45, 7) is 1.65. The standard InChI is InChI=1S/C19H22ClN3O2S/c1-23(15-7-4-3-5-8-15)12-6-11-21-19(26)22-14-9-10-17(20)16(13-14)18(24)25-2/h3-5,7-10,13H,6,11-12H2,1-2H3,(H2,21,22,26). The predicted octanol–water partition coefficient (Wildman–Crippen LogP) is 3.94. The van der Waals surface area contributed by atoms with Gasteiger partial charge in [0.2, 0.25) is 0 Å². The highest BCUT2D eigenvalue weighted by atomic mass is 35.5. The number of anilines is 2. The summed E-state index contributed by atoms with van der Waals surface area (Å²) in [7, 11) is 3.38. The Labute approximate surface area is 164 Å². The molecule has 0 aromatic heterocycles. The van der Waals surface area contributed by atoms with Crippen LogP contribution in [0.4, 0.5) is 11.4 Å². The molecule has 7 heteroatoms. The highest BCUT2D eigenvalue weighted by Crippen LogP contribution is 2.21. The molecule has 138 valence electrons. The van der Waals surface area contributed by atoms with Crippen molar-refractivity contribution in [2.24, 2.45) is 0 Å². The van der Waals surface area contributed by atoms with E-state index in [1.165, 1.54) is 12.8 Å². The predicted molar refractivity (Wildman–Crippen MR) is 111 cm³/mol. The summed E-state index contributed by atoms with van der Waals surface area (Å²) >= 11 is 11.3. The van der Waals surface area contributed by atoms with Crippen LogP contribution in [0, 0.1) is 0 Å². The number of thiocarbonyl (C=S) groups is 1. The van der Waals surface area contributed by atoms with Crippen LogP contribution in [0.2, 0.25) is 5.02 Å². The molecule has 0 amide bonds. The highest BCUT2D eigenvalue weighted by Gasteiger charge is 2.11. The van der Waals surface area contributed by atoms with Gasteiger partial charge in [0.15, 0.2) is 5.11 Å². The van der Waals surface area contributed by atoms with Gasteiger partial charge in [0.25, 0.3) is 0 Å². The van der Waals surface area contributed by atoms with E-state index >= 15 is 0 Å². The number of nitrogens with one attached hydrogen (secondary N) is 2. The first kappa shape index (κ1) is 20.0. The van der Waals surface area contributed by atoms with E-state index in [1.54, 1.807) is 18.2 Å². The zero-order valence-corrected chi connectivity index (χ0v) is 16.4. The van der Waals surface area contributed by atoms with Gasteiger partial charge in [-0.05, 0) is 49.0 Å². The smallest absolute Gasteiger partial charge is 0.339 e. The van der Waals surface area contributed by atoms with Crippen molar-refractivity contribution in [3.63, 3.8) is 0 Å². The van der Waals surface area contributed by atoms with E-state index in [2.05, 4.69) is 34.7 Å². The second-order valence-electron chi connectivity index (χ2n) is 5.68. The maximum Gasteiger partial charge on any atom is 0.339 e. The fraction of sp³-hybridized carbons (Fsp3) is 0.263. The number of carbonyl (C=O) groups is 1. The second kappa shape index (κ2) is 9.99. The molecule has 0 spiro atoms. The fourth-order valence-corrected chi connectivity index (χ4v) is 2.79. The van der Waals surface area contributed by atoms with E-state index in [0.29, 0.717) is 21.4 Å². The normalized spacial score (nSPS) is 10.1. The summed E-state index contributed by atoms with van der Waals surface area (Å²) in [5, 5.41) is 7.04. The van der Waals surface area contributed by atoms with E-state index in [4.69, 9.17) is 28.6 Å². The lowest BCUT2D eigenvalue weighted by Gasteiger charge is -2.19. The molecule has 0 saturated carbocycles. The van der Waals surface area contributed by atoms with Crippen LogP contribution in [0.3, 0.4) is 0 Å². The summed E-state index contributed by atoms with van der Waals surface area (Å²) in [4.78, 5) is 13.9. The summed E-state index contributed by atoms with van der Waals surface area (Å²) in [6, 6.07) is 15.2. The molecule has 2 rings (SSSR count). The van der Waals surface area contributed by atoms with Crippen LogP contribution in [-0.4, -0.2) is 38.3 Å². The zero-order valence-electron chi connectivity index (χ0n) is 14.8. The third-order valence-electron chi connectivity index (χ3n) is 3.78. The number of hydrogen-bond donors (Lipinski definition) is 2. The summed E-state index contributed by atoms with van der Waals surface area (Å²) in [6.07, 6.45) is 0.932. The molecule has 0 bridgehead atoms. The number of nitrogens with zero attached hydrogens (tertiary/aromatic N) is 1. The van der Waals surface area contributed by atoms with Crippen LogP contribution in [0.5, 0.6) is 0 Å². The number of ether oxygens (including phenoxy) is 1. The van der Waals surface area contributed by atoms with E-state index in [1.807, 2.05) is 18.2 Å². The monoisotopic (exact) mass is 391 g/mol. The first-order chi connectivity index (χ1) is 12.5. The van der Waals surface area contributed by atoms with Crippen molar-refractivity contribution in [2.75, 3.05) is 37.5 Å². The highest BCUT2D eigenvalue weighted by molar-refractivity contribution is 7.80. The molecule has 0 saturated heterocycles. The van der Waals surface area contributed by atoms with Crippen molar-refractivity contribution in [1.29, 1.82) is 0 Å². The van der Waals surface area contributed by atoms with Crippen molar-refractivity contribution in [2.45, 2.75) is 6.42 Å². The first-order valence-corrected chi connectivity index (χ1v) is 8.99. The molecule has 0 aliphatic heterocycles. The Morgan fingerprint density at radius 2 is 1.96 bits per heavy atom. The minimum atomic E-state index is -0.485. The Balaban J connectivity index is 1.78. The Kier molecular flexibility index (Phi) is 7.69.